The van der Waals surface area contributed by atoms with Crippen LogP contribution in [0.2, 0.25) is 0 Å². The molecule has 2 fully saturated rings. The van der Waals surface area contributed by atoms with Crippen molar-refractivity contribution in [3.8, 4) is 0 Å². The summed E-state index contributed by atoms with van der Waals surface area (Å²) in [6, 6.07) is 10.0. The molecular weight excluding hydrogens is 599 g/mol. The van der Waals surface area contributed by atoms with E-state index in [1.807, 2.05) is 30.8 Å². The number of hydrogen-bond donors (Lipinski definition) is 2. The molecule has 2 N–H and O–H groups in total. The highest BCUT2D eigenvalue weighted by Gasteiger charge is 2.30. The molecule has 8 heteroatoms. The number of rotatable bonds is 10. The van der Waals surface area contributed by atoms with Crippen LogP contribution in [0.5, 0.6) is 0 Å². The highest BCUT2D eigenvalue weighted by atomic mass is 32.2. The van der Waals surface area contributed by atoms with Crippen LogP contribution in [0.1, 0.15) is 109 Å². The number of nitrogens with one attached hydrogen (secondary N) is 2. The molecule has 5 rings (SSSR count). The lowest BCUT2D eigenvalue weighted by atomic mass is 10.00. The summed E-state index contributed by atoms with van der Waals surface area (Å²) < 4.78 is 5.16. The van der Waals surface area contributed by atoms with Crippen LogP contribution in [-0.4, -0.2) is 57.5 Å². The summed E-state index contributed by atoms with van der Waals surface area (Å²) in [5.74, 6) is 1.82. The minimum atomic E-state index is 0.329. The van der Waals surface area contributed by atoms with E-state index >= 15 is 0 Å². The molecule has 2 aliphatic rings. The Kier molecular flexibility index (Phi) is 18.0. The van der Waals surface area contributed by atoms with Gasteiger partial charge in [0, 0.05) is 61.5 Å². The van der Waals surface area contributed by atoms with Gasteiger partial charge in [-0.15, -0.1) is 0 Å². The first kappa shape index (κ1) is 40.2. The Morgan fingerprint density at radius 3 is 2.34 bits per heavy atom. The van der Waals surface area contributed by atoms with Crippen molar-refractivity contribution in [1.82, 2.24) is 24.8 Å². The SMILES string of the molecule is C=CN1CCCCC1c1cc2nc(N3CC(NC(C)CC)C3)c(C)cn2n1.CC.CCC=CC(C)C.CSNc1ccc(C)cc1C. The molecule has 47 heavy (non-hydrogen) atoms. The van der Waals surface area contributed by atoms with Crippen LogP contribution >= 0.6 is 11.9 Å². The summed E-state index contributed by atoms with van der Waals surface area (Å²) in [4.78, 5) is 9.64. The van der Waals surface area contributed by atoms with Crippen LogP contribution in [-0.2, 0) is 0 Å². The van der Waals surface area contributed by atoms with Crippen LogP contribution in [0.4, 0.5) is 11.5 Å². The second-order valence-corrected chi connectivity index (χ2v) is 13.4. The lowest BCUT2D eigenvalue weighted by Crippen LogP contribution is -2.60. The van der Waals surface area contributed by atoms with Gasteiger partial charge in [-0.05, 0) is 83.5 Å². The van der Waals surface area contributed by atoms with Gasteiger partial charge in [-0.2, -0.15) is 5.10 Å². The van der Waals surface area contributed by atoms with Gasteiger partial charge in [-0.1, -0.05) is 89.9 Å². The van der Waals surface area contributed by atoms with Crippen molar-refractivity contribution in [2.24, 2.45) is 5.92 Å². The molecule has 2 aromatic heterocycles. The maximum atomic E-state index is 4.95. The van der Waals surface area contributed by atoms with Crippen LogP contribution in [0.25, 0.3) is 5.65 Å². The highest BCUT2D eigenvalue weighted by molar-refractivity contribution is 7.99. The predicted molar refractivity (Wildman–Crippen MR) is 209 cm³/mol. The number of likely N-dealkylation sites (tertiary alicyclic amines) is 1. The fraction of sp³-hybridized carbons (Fsp3) is 0.590. The van der Waals surface area contributed by atoms with E-state index in [2.05, 4.69) is 124 Å². The summed E-state index contributed by atoms with van der Waals surface area (Å²) >= 11 is 1.62. The van der Waals surface area contributed by atoms with E-state index in [0.29, 0.717) is 18.1 Å². The van der Waals surface area contributed by atoms with Gasteiger partial charge in [-0.25, -0.2) is 9.50 Å². The van der Waals surface area contributed by atoms with Gasteiger partial charge in [0.05, 0.1) is 11.7 Å². The maximum absolute atomic E-state index is 4.95. The summed E-state index contributed by atoms with van der Waals surface area (Å²) in [7, 11) is 0. The highest BCUT2D eigenvalue weighted by Crippen LogP contribution is 2.31. The number of piperidine rings is 1. The predicted octanol–water partition coefficient (Wildman–Crippen LogP) is 9.91. The molecule has 262 valence electrons. The van der Waals surface area contributed by atoms with Gasteiger partial charge in [0.2, 0.25) is 0 Å². The third kappa shape index (κ3) is 12.5. The van der Waals surface area contributed by atoms with Gasteiger partial charge in [0.25, 0.3) is 0 Å². The molecule has 0 bridgehead atoms. The summed E-state index contributed by atoms with van der Waals surface area (Å²) in [5, 5.41) is 8.52. The van der Waals surface area contributed by atoms with Gasteiger partial charge in [0.15, 0.2) is 5.65 Å². The Hall–Kier alpha value is -2.97. The van der Waals surface area contributed by atoms with Crippen molar-refractivity contribution in [3.63, 3.8) is 0 Å². The summed E-state index contributed by atoms with van der Waals surface area (Å²) in [5.41, 5.74) is 7.07. The first-order valence-corrected chi connectivity index (χ1v) is 19.1. The number of nitrogens with zero attached hydrogens (tertiary/aromatic N) is 5. The topological polar surface area (TPSA) is 60.7 Å². The standard InChI is InChI=1S/C21H32N6.C9H13NS.C7H14.C2H6/c1-5-16(4)22-17-13-26(14-17)21-15(3)12-27-20(23-21)11-18(24-27)19-9-7-8-10-25(19)6-2;1-7-4-5-9(10-11-3)8(2)6-7;1-4-5-6-7(2)3;1-2/h6,11-12,16-17,19,22H,2,5,7-10,13-14H2,1,3-4H3;4-6,10H,1-3H3;5-7H,4H2,1-3H3;1-2H3. The Morgan fingerprint density at radius 2 is 1.77 bits per heavy atom. The number of fused-ring (bicyclic) bond motifs is 1. The molecule has 2 aliphatic heterocycles. The van der Waals surface area contributed by atoms with E-state index in [1.165, 1.54) is 41.6 Å². The van der Waals surface area contributed by atoms with E-state index in [4.69, 9.17) is 10.1 Å². The van der Waals surface area contributed by atoms with Crippen LogP contribution in [0.3, 0.4) is 0 Å². The number of allylic oxidation sites excluding steroid dienone is 2. The van der Waals surface area contributed by atoms with Crippen LogP contribution in [0, 0.1) is 26.7 Å². The average molecular weight is 664 g/mol. The molecule has 3 aromatic rings. The zero-order chi connectivity index (χ0) is 34.9. The lowest BCUT2D eigenvalue weighted by molar-refractivity contribution is 0.212. The first-order chi connectivity index (χ1) is 22.6. The number of benzene rings is 1. The van der Waals surface area contributed by atoms with Gasteiger partial charge in [0.1, 0.15) is 5.82 Å². The number of aryl methyl sites for hydroxylation is 3. The Bertz CT molecular complexity index is 1360. The quantitative estimate of drug-likeness (QED) is 0.165. The van der Waals surface area contributed by atoms with Gasteiger partial charge >= 0.3 is 0 Å². The number of aromatic nitrogens is 3. The Morgan fingerprint density at radius 1 is 1.04 bits per heavy atom. The van der Waals surface area contributed by atoms with Crippen molar-refractivity contribution in [3.05, 3.63) is 77.8 Å². The number of hydrogen-bond acceptors (Lipinski definition) is 7. The maximum Gasteiger partial charge on any atom is 0.157 e. The van der Waals surface area contributed by atoms with E-state index < -0.39 is 0 Å². The minimum Gasteiger partial charge on any atom is -0.369 e. The van der Waals surface area contributed by atoms with Crippen LogP contribution < -0.4 is 14.9 Å². The fourth-order valence-corrected chi connectivity index (χ4v) is 6.16. The van der Waals surface area contributed by atoms with Crippen molar-refractivity contribution < 1.29 is 0 Å². The molecule has 1 aromatic carbocycles. The molecule has 4 heterocycles. The molecule has 0 amide bonds. The molecule has 2 saturated heterocycles. The van der Waals surface area contributed by atoms with Crippen LogP contribution in [0.15, 0.2) is 55.4 Å². The fourth-order valence-electron chi connectivity index (χ4n) is 5.72. The third-order valence-corrected chi connectivity index (χ3v) is 8.83. The Balaban J connectivity index is 0.000000316. The summed E-state index contributed by atoms with van der Waals surface area (Å²) in [6.07, 6.45) is 16.5. The van der Waals surface area contributed by atoms with Crippen molar-refractivity contribution >= 4 is 29.1 Å². The molecule has 2 unspecified atom stereocenters. The lowest BCUT2D eigenvalue weighted by Gasteiger charge is -2.42. The van der Waals surface area contributed by atoms with E-state index in [0.717, 1.165) is 55.6 Å². The monoisotopic (exact) mass is 664 g/mol. The molecule has 0 aliphatic carbocycles. The molecule has 0 radical (unpaired) electrons. The smallest absolute Gasteiger partial charge is 0.157 e. The zero-order valence-corrected chi connectivity index (χ0v) is 32.3. The van der Waals surface area contributed by atoms with Crippen molar-refractivity contribution in [2.45, 2.75) is 119 Å². The number of anilines is 2. The molecule has 0 spiro atoms. The van der Waals surface area contributed by atoms with E-state index in [1.54, 1.807) is 11.9 Å². The molecular formula is C39H65N7S. The van der Waals surface area contributed by atoms with Gasteiger partial charge in [-0.3, -0.25) is 0 Å². The molecule has 0 saturated carbocycles. The molecule has 7 nitrogen and oxygen atoms in total. The molecule has 2 atom stereocenters. The van der Waals surface area contributed by atoms with E-state index in [-0.39, 0.29) is 0 Å². The third-order valence-electron chi connectivity index (χ3n) is 8.41. The second kappa shape index (κ2) is 21.1. The largest absolute Gasteiger partial charge is 0.369 e. The zero-order valence-electron chi connectivity index (χ0n) is 31.4. The summed E-state index contributed by atoms with van der Waals surface area (Å²) in [6.45, 7) is 28.5. The second-order valence-electron chi connectivity index (χ2n) is 12.8. The first-order valence-electron chi connectivity index (χ1n) is 17.9. The minimum absolute atomic E-state index is 0.329. The van der Waals surface area contributed by atoms with E-state index in [9.17, 15) is 0 Å². The average Bonchev–Trinajstić information content (AvgIpc) is 3.46. The Labute approximate surface area is 291 Å². The van der Waals surface area contributed by atoms with Crippen molar-refractivity contribution in [1.29, 1.82) is 0 Å². The van der Waals surface area contributed by atoms with Gasteiger partial charge < -0.3 is 19.8 Å². The normalized spacial score (nSPS) is 16.8. The van der Waals surface area contributed by atoms with Crippen molar-refractivity contribution in [2.75, 3.05) is 35.5 Å².